The SMILES string of the molecule is Cc1c(Cl)cccc1C(Br)Cc1ccc(Br)cc1. The zero-order valence-corrected chi connectivity index (χ0v) is 13.9. The quantitative estimate of drug-likeness (QED) is 0.558. The molecule has 0 aliphatic heterocycles. The normalized spacial score (nSPS) is 12.4. The predicted molar refractivity (Wildman–Crippen MR) is 85.7 cm³/mol. The summed E-state index contributed by atoms with van der Waals surface area (Å²) in [5.41, 5.74) is 3.71. The maximum absolute atomic E-state index is 6.15. The van der Waals surface area contributed by atoms with Gasteiger partial charge in [0.1, 0.15) is 0 Å². The van der Waals surface area contributed by atoms with Gasteiger partial charge in [0.15, 0.2) is 0 Å². The number of hydrogen-bond acceptors (Lipinski definition) is 0. The second-order valence-electron chi connectivity index (χ2n) is 4.25. The van der Waals surface area contributed by atoms with Crippen molar-refractivity contribution < 1.29 is 0 Å². The number of alkyl halides is 1. The number of hydrogen-bond donors (Lipinski definition) is 0. The average molecular weight is 389 g/mol. The van der Waals surface area contributed by atoms with Gasteiger partial charge in [-0.15, -0.1) is 0 Å². The van der Waals surface area contributed by atoms with Crippen LogP contribution in [-0.2, 0) is 6.42 Å². The highest BCUT2D eigenvalue weighted by Crippen LogP contribution is 2.32. The van der Waals surface area contributed by atoms with Crippen molar-refractivity contribution in [2.45, 2.75) is 18.2 Å². The Morgan fingerprint density at radius 1 is 1.11 bits per heavy atom. The van der Waals surface area contributed by atoms with Crippen LogP contribution in [0.1, 0.15) is 21.5 Å². The molecule has 2 aromatic carbocycles. The van der Waals surface area contributed by atoms with E-state index < -0.39 is 0 Å². The summed E-state index contributed by atoms with van der Waals surface area (Å²) < 4.78 is 1.11. The van der Waals surface area contributed by atoms with E-state index in [-0.39, 0.29) is 4.83 Å². The molecule has 0 saturated heterocycles. The van der Waals surface area contributed by atoms with Gasteiger partial charge in [-0.2, -0.15) is 0 Å². The van der Waals surface area contributed by atoms with Gasteiger partial charge >= 0.3 is 0 Å². The Kier molecular flexibility index (Phi) is 4.88. The van der Waals surface area contributed by atoms with Crippen molar-refractivity contribution in [1.29, 1.82) is 0 Å². The third kappa shape index (κ3) is 3.37. The third-order valence-electron chi connectivity index (χ3n) is 2.98. The summed E-state index contributed by atoms with van der Waals surface area (Å²) in [4.78, 5) is 0.289. The lowest BCUT2D eigenvalue weighted by atomic mass is 10.0. The molecule has 2 aromatic rings. The minimum Gasteiger partial charge on any atom is -0.0840 e. The van der Waals surface area contributed by atoms with Crippen LogP contribution in [0.15, 0.2) is 46.9 Å². The second-order valence-corrected chi connectivity index (χ2v) is 6.68. The van der Waals surface area contributed by atoms with Gasteiger partial charge in [-0.25, -0.2) is 0 Å². The maximum Gasteiger partial charge on any atom is 0.0438 e. The highest BCUT2D eigenvalue weighted by atomic mass is 79.9. The molecule has 94 valence electrons. The lowest BCUT2D eigenvalue weighted by Crippen LogP contribution is -1.98. The van der Waals surface area contributed by atoms with E-state index in [9.17, 15) is 0 Å². The van der Waals surface area contributed by atoms with Crippen LogP contribution < -0.4 is 0 Å². The topological polar surface area (TPSA) is 0 Å². The minimum absolute atomic E-state index is 0.289. The predicted octanol–water partition coefficient (Wildman–Crippen LogP) is 6.09. The molecule has 0 heterocycles. The van der Waals surface area contributed by atoms with Gasteiger partial charge in [0.05, 0.1) is 0 Å². The van der Waals surface area contributed by atoms with Gasteiger partial charge in [-0.3, -0.25) is 0 Å². The molecule has 18 heavy (non-hydrogen) atoms. The lowest BCUT2D eigenvalue weighted by Gasteiger charge is -2.14. The molecule has 0 aliphatic rings. The number of halogens is 3. The van der Waals surface area contributed by atoms with E-state index in [1.54, 1.807) is 0 Å². The van der Waals surface area contributed by atoms with Gasteiger partial charge in [-0.1, -0.05) is 67.7 Å². The molecule has 1 unspecified atom stereocenters. The molecule has 0 bridgehead atoms. The van der Waals surface area contributed by atoms with Crippen LogP contribution in [0.4, 0.5) is 0 Å². The average Bonchev–Trinajstić information content (AvgIpc) is 2.35. The van der Waals surface area contributed by atoms with Crippen molar-refractivity contribution in [3.8, 4) is 0 Å². The van der Waals surface area contributed by atoms with E-state index >= 15 is 0 Å². The van der Waals surface area contributed by atoms with Gasteiger partial charge in [-0.05, 0) is 48.2 Å². The summed E-state index contributed by atoms with van der Waals surface area (Å²) in [6.45, 7) is 2.06. The van der Waals surface area contributed by atoms with E-state index in [0.717, 1.165) is 21.5 Å². The van der Waals surface area contributed by atoms with Crippen LogP contribution in [0.3, 0.4) is 0 Å². The van der Waals surface area contributed by atoms with Crippen LogP contribution in [0.2, 0.25) is 5.02 Å². The molecule has 0 saturated carbocycles. The molecule has 0 N–H and O–H groups in total. The zero-order valence-electron chi connectivity index (χ0n) is 9.96. The molecule has 0 aromatic heterocycles. The van der Waals surface area contributed by atoms with Crippen LogP contribution in [0, 0.1) is 6.92 Å². The van der Waals surface area contributed by atoms with E-state index in [0.29, 0.717) is 0 Å². The summed E-state index contributed by atoms with van der Waals surface area (Å²) >= 11 is 13.4. The summed E-state index contributed by atoms with van der Waals surface area (Å²) in [5, 5.41) is 0.827. The first-order valence-corrected chi connectivity index (χ1v) is 7.80. The Hall–Kier alpha value is -0.310. The molecule has 0 amide bonds. The summed E-state index contributed by atoms with van der Waals surface area (Å²) in [7, 11) is 0. The molecule has 0 fully saturated rings. The molecular formula is C15H13Br2Cl. The number of rotatable bonds is 3. The highest BCUT2D eigenvalue weighted by molar-refractivity contribution is 9.10. The van der Waals surface area contributed by atoms with Gasteiger partial charge in [0.25, 0.3) is 0 Å². The molecule has 2 rings (SSSR count). The van der Waals surface area contributed by atoms with Gasteiger partial charge in [0.2, 0.25) is 0 Å². The second kappa shape index (κ2) is 6.23. The van der Waals surface area contributed by atoms with E-state index in [1.165, 1.54) is 11.1 Å². The molecule has 3 heteroatoms. The van der Waals surface area contributed by atoms with Crippen molar-refractivity contribution in [2.75, 3.05) is 0 Å². The van der Waals surface area contributed by atoms with Crippen molar-refractivity contribution in [2.24, 2.45) is 0 Å². The van der Waals surface area contributed by atoms with E-state index in [2.05, 4.69) is 69.1 Å². The Morgan fingerprint density at radius 3 is 2.44 bits per heavy atom. The minimum atomic E-state index is 0.289. The molecule has 0 radical (unpaired) electrons. The molecule has 0 aliphatic carbocycles. The van der Waals surface area contributed by atoms with E-state index in [4.69, 9.17) is 11.6 Å². The Labute approximate surface area is 130 Å². The van der Waals surface area contributed by atoms with Crippen LogP contribution in [0.25, 0.3) is 0 Å². The van der Waals surface area contributed by atoms with Gasteiger partial charge in [0, 0.05) is 14.3 Å². The maximum atomic E-state index is 6.15. The lowest BCUT2D eigenvalue weighted by molar-refractivity contribution is 0.938. The van der Waals surface area contributed by atoms with Crippen molar-refractivity contribution in [3.63, 3.8) is 0 Å². The summed E-state index contributed by atoms with van der Waals surface area (Å²) in [6, 6.07) is 14.5. The van der Waals surface area contributed by atoms with Crippen molar-refractivity contribution in [3.05, 3.63) is 68.7 Å². The smallest absolute Gasteiger partial charge is 0.0438 e. The van der Waals surface area contributed by atoms with Crippen LogP contribution in [0.5, 0.6) is 0 Å². The fraction of sp³-hybridized carbons (Fsp3) is 0.200. The summed E-state index contributed by atoms with van der Waals surface area (Å²) in [5.74, 6) is 0. The third-order valence-corrected chi connectivity index (χ3v) is 4.73. The first-order chi connectivity index (χ1) is 8.58. The molecule has 0 spiro atoms. The Bertz CT molecular complexity index is 535. The van der Waals surface area contributed by atoms with E-state index in [1.807, 2.05) is 12.1 Å². The Balaban J connectivity index is 2.19. The molecule has 1 atom stereocenters. The monoisotopic (exact) mass is 386 g/mol. The summed E-state index contributed by atoms with van der Waals surface area (Å²) in [6.07, 6.45) is 0.953. The molecule has 0 nitrogen and oxygen atoms in total. The fourth-order valence-corrected chi connectivity index (χ4v) is 3.22. The first-order valence-electron chi connectivity index (χ1n) is 5.71. The zero-order chi connectivity index (χ0) is 13.1. The van der Waals surface area contributed by atoms with Crippen LogP contribution in [-0.4, -0.2) is 0 Å². The van der Waals surface area contributed by atoms with Gasteiger partial charge < -0.3 is 0 Å². The number of benzene rings is 2. The standard InChI is InChI=1S/C15H13Br2Cl/c1-10-13(3-2-4-15(10)18)14(17)9-11-5-7-12(16)8-6-11/h2-8,14H,9H2,1H3. The Morgan fingerprint density at radius 2 is 1.78 bits per heavy atom. The fourth-order valence-electron chi connectivity index (χ4n) is 1.90. The van der Waals surface area contributed by atoms with Crippen molar-refractivity contribution >= 4 is 43.5 Å². The molecular weight excluding hydrogens is 375 g/mol. The largest absolute Gasteiger partial charge is 0.0840 e. The highest BCUT2D eigenvalue weighted by Gasteiger charge is 2.12. The van der Waals surface area contributed by atoms with Crippen molar-refractivity contribution in [1.82, 2.24) is 0 Å². The van der Waals surface area contributed by atoms with Crippen LogP contribution >= 0.6 is 43.5 Å². The first kappa shape index (κ1) is 14.1.